The Hall–Kier alpha value is -3.09. The molecule has 0 saturated carbocycles. The highest BCUT2D eigenvalue weighted by molar-refractivity contribution is 5.73. The van der Waals surface area contributed by atoms with E-state index < -0.39 is 61.3 Å². The van der Waals surface area contributed by atoms with E-state index in [1.807, 2.05) is 0 Å². The first-order chi connectivity index (χ1) is 30.7. The molecule has 11 heteroatoms. The van der Waals surface area contributed by atoms with Crippen LogP contribution < -0.4 is 0 Å². The van der Waals surface area contributed by atoms with Crippen molar-refractivity contribution in [3.63, 3.8) is 0 Å². The standard InChI is InChI=1S/C52H88O11/c1-3-5-7-9-11-13-15-17-19-20-21-22-23-24-25-26-27-29-30-32-34-36-38-40-45(53)60-42-44(43-61-52-49(57)47(55)48(56)50(63-52)51(58)59)62-46(54)41-39-37-35-33-31-28-18-16-14-12-10-8-6-4-2/h5,7,11,13,16-19,21-22,44,47-50,52,55-57H,3-4,6,8-10,12,14-15,20,23-43H2,1-2H3,(H,58,59)/b7-5-,13-11-,18-16-,19-17-,22-21-. The van der Waals surface area contributed by atoms with Gasteiger partial charge in [-0.1, -0.05) is 171 Å². The van der Waals surface area contributed by atoms with Crippen LogP contribution >= 0.6 is 0 Å². The summed E-state index contributed by atoms with van der Waals surface area (Å²) in [7, 11) is 0. The normalized spacial score (nSPS) is 19.9. The van der Waals surface area contributed by atoms with Crippen molar-refractivity contribution < 1.29 is 53.8 Å². The predicted octanol–water partition coefficient (Wildman–Crippen LogP) is 11.5. The molecular weight excluding hydrogens is 801 g/mol. The Morgan fingerprint density at radius 1 is 0.508 bits per heavy atom. The van der Waals surface area contributed by atoms with E-state index >= 15 is 0 Å². The maximum atomic E-state index is 12.8. The number of carboxylic acid groups (broad SMARTS) is 1. The van der Waals surface area contributed by atoms with Gasteiger partial charge in [0.2, 0.25) is 0 Å². The minimum Gasteiger partial charge on any atom is -0.479 e. The number of allylic oxidation sites excluding steroid dienone is 10. The average molecular weight is 889 g/mol. The Labute approximate surface area is 381 Å². The number of hydrogen-bond donors (Lipinski definition) is 4. The largest absolute Gasteiger partial charge is 0.479 e. The zero-order valence-corrected chi connectivity index (χ0v) is 39.3. The summed E-state index contributed by atoms with van der Waals surface area (Å²) in [6.45, 7) is 3.69. The molecule has 1 rings (SSSR count). The van der Waals surface area contributed by atoms with E-state index in [0.29, 0.717) is 12.8 Å². The zero-order chi connectivity index (χ0) is 46.0. The van der Waals surface area contributed by atoms with Gasteiger partial charge < -0.3 is 39.4 Å². The minimum atomic E-state index is -1.86. The van der Waals surface area contributed by atoms with Gasteiger partial charge in [0.05, 0.1) is 6.61 Å². The van der Waals surface area contributed by atoms with E-state index in [4.69, 9.17) is 18.9 Å². The van der Waals surface area contributed by atoms with Crippen LogP contribution in [0.2, 0.25) is 0 Å². The van der Waals surface area contributed by atoms with Crippen molar-refractivity contribution in [1.29, 1.82) is 0 Å². The van der Waals surface area contributed by atoms with Crippen LogP contribution in [0.5, 0.6) is 0 Å². The quantitative estimate of drug-likeness (QED) is 0.0262. The molecule has 0 aliphatic carbocycles. The predicted molar refractivity (Wildman–Crippen MR) is 252 cm³/mol. The fourth-order valence-electron chi connectivity index (χ4n) is 7.22. The minimum absolute atomic E-state index is 0.170. The highest BCUT2D eigenvalue weighted by Gasteiger charge is 2.47. The number of aliphatic hydroxyl groups excluding tert-OH is 3. The number of aliphatic carboxylic acids is 1. The smallest absolute Gasteiger partial charge is 0.335 e. The highest BCUT2D eigenvalue weighted by Crippen LogP contribution is 2.23. The lowest BCUT2D eigenvalue weighted by Crippen LogP contribution is -2.60. The first-order valence-electron chi connectivity index (χ1n) is 24.8. The van der Waals surface area contributed by atoms with Gasteiger partial charge >= 0.3 is 17.9 Å². The number of carboxylic acids is 1. The van der Waals surface area contributed by atoms with Crippen molar-refractivity contribution in [2.75, 3.05) is 13.2 Å². The molecule has 4 N–H and O–H groups in total. The number of carbonyl (C=O) groups excluding carboxylic acids is 2. The Kier molecular flexibility index (Phi) is 38.3. The molecule has 0 amide bonds. The van der Waals surface area contributed by atoms with Gasteiger partial charge in [0, 0.05) is 12.8 Å². The van der Waals surface area contributed by atoms with Crippen molar-refractivity contribution in [2.45, 2.75) is 237 Å². The molecule has 0 radical (unpaired) electrons. The molecule has 1 fully saturated rings. The van der Waals surface area contributed by atoms with Crippen molar-refractivity contribution in [2.24, 2.45) is 0 Å². The maximum Gasteiger partial charge on any atom is 0.335 e. The number of hydrogen-bond acceptors (Lipinski definition) is 10. The van der Waals surface area contributed by atoms with Crippen LogP contribution in [0.4, 0.5) is 0 Å². The molecular formula is C52H88O11. The average Bonchev–Trinajstić information content (AvgIpc) is 3.27. The number of ether oxygens (including phenoxy) is 4. The Bertz CT molecular complexity index is 1270. The number of unbranched alkanes of at least 4 members (excludes halogenated alkanes) is 20. The second-order valence-electron chi connectivity index (χ2n) is 16.9. The van der Waals surface area contributed by atoms with Gasteiger partial charge in [-0.05, 0) is 77.0 Å². The van der Waals surface area contributed by atoms with Gasteiger partial charge in [-0.3, -0.25) is 9.59 Å². The summed E-state index contributed by atoms with van der Waals surface area (Å²) >= 11 is 0. The SMILES string of the molecule is CC/C=C\C/C=C\C/C=C\C/C=C\CCCCCCCCCCCCC(=O)OCC(COC1OC(C(=O)O)C(O)C(O)C1O)OC(=O)CCCCCCC/C=C\CCCCCCC. The van der Waals surface area contributed by atoms with E-state index in [1.165, 1.54) is 70.6 Å². The van der Waals surface area contributed by atoms with Gasteiger partial charge in [-0.2, -0.15) is 0 Å². The lowest BCUT2D eigenvalue weighted by atomic mass is 9.99. The first kappa shape index (κ1) is 57.9. The zero-order valence-electron chi connectivity index (χ0n) is 39.3. The van der Waals surface area contributed by atoms with Gasteiger partial charge in [0.25, 0.3) is 0 Å². The van der Waals surface area contributed by atoms with Gasteiger partial charge in [-0.25, -0.2) is 4.79 Å². The molecule has 0 aromatic rings. The molecule has 1 aliphatic heterocycles. The summed E-state index contributed by atoms with van der Waals surface area (Å²) in [5, 5.41) is 39.9. The van der Waals surface area contributed by atoms with E-state index in [-0.39, 0.29) is 19.4 Å². The number of carbonyl (C=O) groups is 3. The number of rotatable bonds is 41. The highest BCUT2D eigenvalue weighted by atomic mass is 16.7. The number of aliphatic hydroxyl groups is 3. The van der Waals surface area contributed by atoms with Crippen LogP contribution in [0, 0.1) is 0 Å². The monoisotopic (exact) mass is 889 g/mol. The summed E-state index contributed by atoms with van der Waals surface area (Å²) in [6, 6.07) is 0. The maximum absolute atomic E-state index is 12.8. The molecule has 1 heterocycles. The molecule has 0 aromatic heterocycles. The molecule has 0 aromatic carbocycles. The van der Waals surface area contributed by atoms with Crippen LogP contribution in [0.3, 0.4) is 0 Å². The Morgan fingerprint density at radius 2 is 0.937 bits per heavy atom. The van der Waals surface area contributed by atoms with Crippen molar-refractivity contribution in [3.05, 3.63) is 60.8 Å². The summed E-state index contributed by atoms with van der Waals surface area (Å²) in [5.41, 5.74) is 0. The van der Waals surface area contributed by atoms with Gasteiger partial charge in [-0.15, -0.1) is 0 Å². The topological polar surface area (TPSA) is 169 Å². The van der Waals surface area contributed by atoms with Crippen LogP contribution in [0.15, 0.2) is 60.8 Å². The molecule has 6 unspecified atom stereocenters. The summed E-state index contributed by atoms with van der Waals surface area (Å²) in [5.74, 6) is -2.46. The molecule has 0 bridgehead atoms. The fourth-order valence-corrected chi connectivity index (χ4v) is 7.22. The van der Waals surface area contributed by atoms with Crippen LogP contribution in [0.25, 0.3) is 0 Å². The second kappa shape index (κ2) is 41.6. The van der Waals surface area contributed by atoms with Crippen molar-refractivity contribution >= 4 is 17.9 Å². The molecule has 362 valence electrons. The molecule has 0 spiro atoms. The summed E-state index contributed by atoms with van der Waals surface area (Å²) < 4.78 is 21.8. The van der Waals surface area contributed by atoms with E-state index in [0.717, 1.165) is 89.9 Å². The molecule has 63 heavy (non-hydrogen) atoms. The molecule has 1 saturated heterocycles. The van der Waals surface area contributed by atoms with E-state index in [9.17, 15) is 34.8 Å². The third-order valence-electron chi connectivity index (χ3n) is 11.1. The Balaban J connectivity index is 2.29. The number of esters is 2. The van der Waals surface area contributed by atoms with Gasteiger partial charge in [0.1, 0.15) is 24.9 Å². The summed E-state index contributed by atoms with van der Waals surface area (Å²) in [6.07, 6.45) is 42.7. The molecule has 6 atom stereocenters. The second-order valence-corrected chi connectivity index (χ2v) is 16.9. The first-order valence-corrected chi connectivity index (χ1v) is 24.8. The van der Waals surface area contributed by atoms with Crippen LogP contribution in [-0.4, -0.2) is 88.4 Å². The van der Waals surface area contributed by atoms with Crippen LogP contribution in [-0.2, 0) is 33.3 Å². The molecule has 11 nitrogen and oxygen atoms in total. The van der Waals surface area contributed by atoms with Crippen LogP contribution in [0.1, 0.15) is 200 Å². The van der Waals surface area contributed by atoms with Crippen molar-refractivity contribution in [1.82, 2.24) is 0 Å². The lowest BCUT2D eigenvalue weighted by Gasteiger charge is -2.38. The molecule has 1 aliphatic rings. The third-order valence-corrected chi connectivity index (χ3v) is 11.1. The summed E-state index contributed by atoms with van der Waals surface area (Å²) in [4.78, 5) is 36.9. The Morgan fingerprint density at radius 3 is 1.43 bits per heavy atom. The fraction of sp³-hybridized carbons (Fsp3) is 0.750. The third kappa shape index (κ3) is 33.1. The van der Waals surface area contributed by atoms with E-state index in [2.05, 4.69) is 74.6 Å². The van der Waals surface area contributed by atoms with E-state index in [1.54, 1.807) is 0 Å². The lowest BCUT2D eigenvalue weighted by molar-refractivity contribution is -0.298. The van der Waals surface area contributed by atoms with Crippen molar-refractivity contribution in [3.8, 4) is 0 Å². The van der Waals surface area contributed by atoms with Gasteiger partial charge in [0.15, 0.2) is 18.5 Å².